The van der Waals surface area contributed by atoms with Crippen LogP contribution in [0.25, 0.3) is 49.3 Å². The number of rotatable bonds is 2. The van der Waals surface area contributed by atoms with Crippen molar-refractivity contribution in [2.45, 2.75) is 31.7 Å². The van der Waals surface area contributed by atoms with Crippen LogP contribution >= 0.6 is 0 Å². The maximum absolute atomic E-state index is 2.66. The predicted molar refractivity (Wildman–Crippen MR) is 131 cm³/mol. The summed E-state index contributed by atoms with van der Waals surface area (Å²) < 4.78 is 5.15. The van der Waals surface area contributed by atoms with Crippen LogP contribution < -0.4 is 0 Å². The number of aromatic nitrogens is 2. The van der Waals surface area contributed by atoms with Gasteiger partial charge in [-0.3, -0.25) is 0 Å². The minimum absolute atomic E-state index is 0.580. The molecule has 0 N–H and O–H groups in total. The molecule has 0 amide bonds. The normalized spacial score (nSPS) is 15.1. The zero-order valence-electron chi connectivity index (χ0n) is 17.5. The molecule has 2 nitrogen and oxygen atoms in total. The lowest BCUT2D eigenvalue weighted by atomic mass is 10.1. The number of para-hydroxylation sites is 4. The van der Waals surface area contributed by atoms with E-state index in [-0.39, 0.29) is 0 Å². The predicted octanol–water partition coefficient (Wildman–Crippen LogP) is 8.01. The molecule has 0 radical (unpaired) electrons. The Morgan fingerprint density at radius 1 is 0.516 bits per heavy atom. The van der Waals surface area contributed by atoms with E-state index >= 15 is 0 Å². The summed E-state index contributed by atoms with van der Waals surface area (Å²) in [5.74, 6) is 0. The molecule has 0 aliphatic heterocycles. The van der Waals surface area contributed by atoms with E-state index in [0.29, 0.717) is 6.04 Å². The average Bonchev–Trinajstić information content (AvgIpc) is 3.54. The number of benzene rings is 4. The first-order chi connectivity index (χ1) is 15.4. The Labute approximate surface area is 181 Å². The molecule has 31 heavy (non-hydrogen) atoms. The van der Waals surface area contributed by atoms with E-state index in [1.807, 2.05) is 0 Å². The first-order valence-electron chi connectivity index (χ1n) is 11.4. The van der Waals surface area contributed by atoms with Gasteiger partial charge >= 0.3 is 0 Å². The molecule has 1 aliphatic rings. The van der Waals surface area contributed by atoms with E-state index in [4.69, 9.17) is 0 Å². The van der Waals surface area contributed by atoms with Crippen LogP contribution in [0.4, 0.5) is 0 Å². The summed E-state index contributed by atoms with van der Waals surface area (Å²) in [4.78, 5) is 0. The summed E-state index contributed by atoms with van der Waals surface area (Å²) >= 11 is 0. The number of hydrogen-bond acceptors (Lipinski definition) is 0. The van der Waals surface area contributed by atoms with Crippen LogP contribution in [0.1, 0.15) is 31.7 Å². The second kappa shape index (κ2) is 6.49. The Morgan fingerprint density at radius 2 is 1.03 bits per heavy atom. The quantitative estimate of drug-likeness (QED) is 0.279. The third kappa shape index (κ3) is 2.33. The van der Waals surface area contributed by atoms with E-state index in [1.165, 1.54) is 75.0 Å². The molecular weight excluding hydrogens is 376 g/mol. The Kier molecular flexibility index (Phi) is 3.60. The smallest absolute Gasteiger partial charge is 0.0738 e. The second-order valence-corrected chi connectivity index (χ2v) is 8.87. The van der Waals surface area contributed by atoms with Crippen LogP contribution in [0.5, 0.6) is 0 Å². The molecule has 0 bridgehead atoms. The topological polar surface area (TPSA) is 9.86 Å². The minimum atomic E-state index is 0.580. The van der Waals surface area contributed by atoms with Crippen molar-refractivity contribution in [1.29, 1.82) is 0 Å². The minimum Gasteiger partial charge on any atom is -0.336 e. The van der Waals surface area contributed by atoms with Gasteiger partial charge in [0.05, 0.1) is 22.2 Å². The summed E-state index contributed by atoms with van der Waals surface area (Å²) in [5.41, 5.74) is 6.59. The summed E-state index contributed by atoms with van der Waals surface area (Å²) in [6.45, 7) is 0. The van der Waals surface area contributed by atoms with Crippen molar-refractivity contribution in [3.8, 4) is 5.69 Å². The molecule has 6 aromatic rings. The Hall–Kier alpha value is -3.52. The maximum atomic E-state index is 2.66. The Bertz CT molecular complexity index is 1540. The highest BCUT2D eigenvalue weighted by Crippen LogP contribution is 2.42. The van der Waals surface area contributed by atoms with Crippen LogP contribution in [0.15, 0.2) is 91.0 Å². The molecule has 150 valence electrons. The molecule has 2 heterocycles. The van der Waals surface area contributed by atoms with E-state index in [9.17, 15) is 0 Å². The summed E-state index contributed by atoms with van der Waals surface area (Å²) in [6.07, 6.45) is 5.21. The fraction of sp³-hybridized carbons (Fsp3) is 0.172. The largest absolute Gasteiger partial charge is 0.336 e. The molecule has 0 atom stereocenters. The lowest BCUT2D eigenvalue weighted by molar-refractivity contribution is 0.550. The number of nitrogens with zero attached hydrogens (tertiary/aromatic N) is 2. The highest BCUT2D eigenvalue weighted by atomic mass is 15.1. The van der Waals surface area contributed by atoms with Gasteiger partial charge in [0.1, 0.15) is 0 Å². The van der Waals surface area contributed by atoms with Crippen LogP contribution in [-0.2, 0) is 0 Å². The van der Waals surface area contributed by atoms with Gasteiger partial charge in [0.2, 0.25) is 0 Å². The zero-order valence-corrected chi connectivity index (χ0v) is 17.5. The van der Waals surface area contributed by atoms with Crippen LogP contribution in [0.3, 0.4) is 0 Å². The molecule has 1 fully saturated rings. The Balaban J connectivity index is 1.69. The van der Waals surface area contributed by atoms with E-state index in [2.05, 4.69) is 100 Å². The molecule has 0 spiro atoms. The van der Waals surface area contributed by atoms with Gasteiger partial charge in [-0.2, -0.15) is 0 Å². The number of fused-ring (bicyclic) bond motifs is 6. The van der Waals surface area contributed by atoms with Crippen molar-refractivity contribution in [1.82, 2.24) is 9.13 Å². The lowest BCUT2D eigenvalue weighted by Gasteiger charge is -2.18. The first-order valence-corrected chi connectivity index (χ1v) is 11.4. The lowest BCUT2D eigenvalue weighted by Crippen LogP contribution is -2.06. The molecule has 1 aliphatic carbocycles. The molecular formula is C29H24N2. The fourth-order valence-electron chi connectivity index (χ4n) is 5.94. The molecule has 2 aromatic heterocycles. The van der Waals surface area contributed by atoms with Gasteiger partial charge in [-0.25, -0.2) is 0 Å². The van der Waals surface area contributed by atoms with Crippen molar-refractivity contribution >= 4 is 43.6 Å². The van der Waals surface area contributed by atoms with Crippen LogP contribution in [-0.4, -0.2) is 9.13 Å². The molecule has 4 aromatic carbocycles. The van der Waals surface area contributed by atoms with Crippen molar-refractivity contribution in [2.24, 2.45) is 0 Å². The van der Waals surface area contributed by atoms with E-state index < -0.39 is 0 Å². The van der Waals surface area contributed by atoms with E-state index in [0.717, 1.165) is 0 Å². The summed E-state index contributed by atoms with van der Waals surface area (Å²) in [7, 11) is 0. The fourth-order valence-corrected chi connectivity index (χ4v) is 5.94. The van der Waals surface area contributed by atoms with Crippen molar-refractivity contribution in [3.05, 3.63) is 91.0 Å². The van der Waals surface area contributed by atoms with Gasteiger partial charge in [-0.05, 0) is 37.1 Å². The molecule has 0 saturated heterocycles. The first kappa shape index (κ1) is 17.2. The summed E-state index contributed by atoms with van der Waals surface area (Å²) in [5, 5.41) is 5.37. The van der Waals surface area contributed by atoms with Gasteiger partial charge in [0, 0.05) is 33.1 Å². The maximum Gasteiger partial charge on any atom is 0.0738 e. The third-order valence-corrected chi connectivity index (χ3v) is 7.22. The standard InChI is InChI=1S/C29H24N2/c1-2-11-20(10-1)30-25-16-6-5-14-23(25)24-15-9-19-28(29(24)30)31-26-17-7-3-12-21(26)22-13-4-8-18-27(22)31/h3-9,12-20H,1-2,10-11H2. The third-order valence-electron chi connectivity index (χ3n) is 7.22. The SMILES string of the molecule is c1ccc2c(c1)c1ccccc1n2-c1cccc2c3ccccc3n(C3CCCC3)c12. The van der Waals surface area contributed by atoms with Crippen molar-refractivity contribution < 1.29 is 0 Å². The molecule has 2 heteroatoms. The van der Waals surface area contributed by atoms with E-state index in [1.54, 1.807) is 0 Å². The van der Waals surface area contributed by atoms with Crippen LogP contribution in [0.2, 0.25) is 0 Å². The zero-order chi connectivity index (χ0) is 20.4. The van der Waals surface area contributed by atoms with Crippen LogP contribution in [0, 0.1) is 0 Å². The monoisotopic (exact) mass is 400 g/mol. The van der Waals surface area contributed by atoms with Gasteiger partial charge in [0.25, 0.3) is 0 Å². The van der Waals surface area contributed by atoms with Gasteiger partial charge in [0.15, 0.2) is 0 Å². The highest BCUT2D eigenvalue weighted by molar-refractivity contribution is 6.14. The summed E-state index contributed by atoms with van der Waals surface area (Å²) in [6, 6.07) is 34.0. The van der Waals surface area contributed by atoms with Gasteiger partial charge < -0.3 is 9.13 Å². The molecule has 1 saturated carbocycles. The van der Waals surface area contributed by atoms with Crippen molar-refractivity contribution in [2.75, 3.05) is 0 Å². The average molecular weight is 401 g/mol. The second-order valence-electron chi connectivity index (χ2n) is 8.87. The van der Waals surface area contributed by atoms with Gasteiger partial charge in [-0.15, -0.1) is 0 Å². The Morgan fingerprint density at radius 3 is 1.68 bits per heavy atom. The van der Waals surface area contributed by atoms with Gasteiger partial charge in [-0.1, -0.05) is 79.6 Å². The number of hydrogen-bond donors (Lipinski definition) is 0. The highest BCUT2D eigenvalue weighted by Gasteiger charge is 2.24. The van der Waals surface area contributed by atoms with Crippen molar-refractivity contribution in [3.63, 3.8) is 0 Å². The molecule has 7 rings (SSSR count). The molecule has 0 unspecified atom stereocenters.